The van der Waals surface area contributed by atoms with Crippen molar-refractivity contribution in [2.24, 2.45) is 0 Å². The zero-order valence-electron chi connectivity index (χ0n) is 9.50. The molecule has 0 unspecified atom stereocenters. The Balaban J connectivity index is 2.14. The highest BCUT2D eigenvalue weighted by Gasteiger charge is 2.24. The number of unbranched alkanes of at least 4 members (excludes halogenated alkanes) is 2. The molecule has 0 aliphatic carbocycles. The lowest BCUT2D eigenvalue weighted by Gasteiger charge is -2.37. The highest BCUT2D eigenvalue weighted by atomic mass is 16.5. The van der Waals surface area contributed by atoms with Gasteiger partial charge in [-0.3, -0.25) is 4.90 Å². The van der Waals surface area contributed by atoms with Crippen molar-refractivity contribution in [2.45, 2.75) is 32.2 Å². The van der Waals surface area contributed by atoms with Crippen molar-refractivity contribution < 1.29 is 9.47 Å². The van der Waals surface area contributed by atoms with E-state index >= 15 is 0 Å². The molecular formula is C11H23NO2. The van der Waals surface area contributed by atoms with Gasteiger partial charge >= 0.3 is 0 Å². The molecule has 14 heavy (non-hydrogen) atoms. The van der Waals surface area contributed by atoms with Crippen molar-refractivity contribution in [3.05, 3.63) is 0 Å². The summed E-state index contributed by atoms with van der Waals surface area (Å²) in [6, 6.07) is 0.655. The molecule has 0 aromatic heterocycles. The largest absolute Gasteiger partial charge is 0.383 e. The third kappa shape index (κ3) is 3.95. The van der Waals surface area contributed by atoms with Crippen LogP contribution in [0.3, 0.4) is 0 Å². The number of nitrogens with zero attached hydrogens (tertiary/aromatic N) is 1. The maximum Gasteiger partial charge on any atom is 0.0645 e. The van der Waals surface area contributed by atoms with Crippen LogP contribution in [0.2, 0.25) is 0 Å². The molecule has 1 fully saturated rings. The normalized spacial score (nSPS) is 17.4. The van der Waals surface area contributed by atoms with Gasteiger partial charge in [-0.2, -0.15) is 0 Å². The van der Waals surface area contributed by atoms with E-state index in [0.717, 1.165) is 26.4 Å². The predicted molar refractivity (Wildman–Crippen MR) is 57.6 cm³/mol. The minimum absolute atomic E-state index is 0.655. The maximum absolute atomic E-state index is 5.22. The van der Waals surface area contributed by atoms with Crippen molar-refractivity contribution in [3.63, 3.8) is 0 Å². The van der Waals surface area contributed by atoms with Crippen LogP contribution in [0.25, 0.3) is 0 Å². The van der Waals surface area contributed by atoms with E-state index in [-0.39, 0.29) is 0 Å². The summed E-state index contributed by atoms with van der Waals surface area (Å²) < 4.78 is 10.3. The van der Waals surface area contributed by atoms with Gasteiger partial charge < -0.3 is 9.47 Å². The second-order valence-electron chi connectivity index (χ2n) is 3.93. The molecule has 0 radical (unpaired) electrons. The Kier molecular flexibility index (Phi) is 6.15. The third-order valence-corrected chi connectivity index (χ3v) is 2.77. The van der Waals surface area contributed by atoms with Crippen LogP contribution < -0.4 is 0 Å². The SMILES string of the molecule is CCCCCN(CCOC)C1COC1. The van der Waals surface area contributed by atoms with E-state index in [0.29, 0.717) is 6.04 Å². The molecule has 1 aliphatic rings. The van der Waals surface area contributed by atoms with Crippen LogP contribution in [-0.2, 0) is 9.47 Å². The van der Waals surface area contributed by atoms with Crippen LogP contribution in [0.4, 0.5) is 0 Å². The summed E-state index contributed by atoms with van der Waals surface area (Å²) >= 11 is 0. The lowest BCUT2D eigenvalue weighted by Crippen LogP contribution is -2.50. The Morgan fingerprint density at radius 3 is 2.57 bits per heavy atom. The van der Waals surface area contributed by atoms with Crippen LogP contribution >= 0.6 is 0 Å². The van der Waals surface area contributed by atoms with E-state index in [1.165, 1.54) is 25.8 Å². The summed E-state index contributed by atoms with van der Waals surface area (Å²) in [5.41, 5.74) is 0. The fourth-order valence-electron chi connectivity index (χ4n) is 1.68. The molecule has 1 rings (SSSR count). The van der Waals surface area contributed by atoms with E-state index < -0.39 is 0 Å². The Labute approximate surface area is 87.4 Å². The predicted octanol–water partition coefficient (Wildman–Crippen LogP) is 1.52. The van der Waals surface area contributed by atoms with Crippen LogP contribution in [0.1, 0.15) is 26.2 Å². The molecule has 0 amide bonds. The zero-order chi connectivity index (χ0) is 10.2. The summed E-state index contributed by atoms with van der Waals surface area (Å²) in [6.45, 7) is 7.15. The minimum atomic E-state index is 0.655. The highest BCUT2D eigenvalue weighted by molar-refractivity contribution is 4.77. The van der Waals surface area contributed by atoms with Gasteiger partial charge in [-0.1, -0.05) is 19.8 Å². The maximum atomic E-state index is 5.22. The second kappa shape index (κ2) is 7.21. The first-order valence-electron chi connectivity index (χ1n) is 5.69. The van der Waals surface area contributed by atoms with E-state index in [4.69, 9.17) is 9.47 Å². The first kappa shape index (κ1) is 12.0. The Bertz CT molecular complexity index is 137. The van der Waals surface area contributed by atoms with Crippen LogP contribution in [0.15, 0.2) is 0 Å². The average Bonchev–Trinajstić information content (AvgIpc) is 2.11. The molecule has 84 valence electrons. The Morgan fingerprint density at radius 2 is 2.07 bits per heavy atom. The number of methoxy groups -OCH3 is 1. The van der Waals surface area contributed by atoms with Crippen molar-refractivity contribution in [2.75, 3.05) is 40.0 Å². The molecule has 0 saturated carbocycles. The molecule has 0 spiro atoms. The lowest BCUT2D eigenvalue weighted by molar-refractivity contribution is -0.0699. The molecule has 0 bridgehead atoms. The second-order valence-corrected chi connectivity index (χ2v) is 3.93. The van der Waals surface area contributed by atoms with Gasteiger partial charge in [-0.25, -0.2) is 0 Å². The first-order chi connectivity index (χ1) is 6.88. The Morgan fingerprint density at radius 1 is 1.29 bits per heavy atom. The summed E-state index contributed by atoms with van der Waals surface area (Å²) in [5.74, 6) is 0. The number of ether oxygens (including phenoxy) is 2. The minimum Gasteiger partial charge on any atom is -0.383 e. The molecule has 0 aromatic rings. The van der Waals surface area contributed by atoms with Crippen molar-refractivity contribution >= 4 is 0 Å². The molecule has 3 nitrogen and oxygen atoms in total. The van der Waals surface area contributed by atoms with Gasteiger partial charge in [0.05, 0.1) is 25.9 Å². The molecule has 0 N–H and O–H groups in total. The van der Waals surface area contributed by atoms with E-state index in [9.17, 15) is 0 Å². The molecular weight excluding hydrogens is 178 g/mol. The van der Waals surface area contributed by atoms with Crippen LogP contribution in [0.5, 0.6) is 0 Å². The summed E-state index contributed by atoms with van der Waals surface area (Å²) in [7, 11) is 1.77. The van der Waals surface area contributed by atoms with Crippen LogP contribution in [-0.4, -0.2) is 51.0 Å². The average molecular weight is 201 g/mol. The topological polar surface area (TPSA) is 21.7 Å². The molecule has 0 aromatic carbocycles. The first-order valence-corrected chi connectivity index (χ1v) is 5.69. The fraction of sp³-hybridized carbons (Fsp3) is 1.00. The number of rotatable bonds is 8. The standard InChI is InChI=1S/C11H23NO2/c1-3-4-5-6-12(7-8-13-2)11-9-14-10-11/h11H,3-10H2,1-2H3. The highest BCUT2D eigenvalue weighted by Crippen LogP contribution is 2.11. The third-order valence-electron chi connectivity index (χ3n) is 2.77. The summed E-state index contributed by atoms with van der Waals surface area (Å²) in [5, 5.41) is 0. The summed E-state index contributed by atoms with van der Waals surface area (Å²) in [6.07, 6.45) is 3.92. The number of hydrogen-bond donors (Lipinski definition) is 0. The number of hydrogen-bond acceptors (Lipinski definition) is 3. The van der Waals surface area contributed by atoms with Gasteiger partial charge in [0, 0.05) is 13.7 Å². The van der Waals surface area contributed by atoms with E-state index in [1.54, 1.807) is 7.11 Å². The lowest BCUT2D eigenvalue weighted by atomic mass is 10.2. The molecule has 0 atom stereocenters. The molecule has 1 heterocycles. The van der Waals surface area contributed by atoms with Gasteiger partial charge in [-0.15, -0.1) is 0 Å². The van der Waals surface area contributed by atoms with Crippen molar-refractivity contribution in [1.82, 2.24) is 4.90 Å². The molecule has 1 aliphatic heterocycles. The van der Waals surface area contributed by atoms with Crippen LogP contribution in [0, 0.1) is 0 Å². The van der Waals surface area contributed by atoms with Gasteiger partial charge in [-0.05, 0) is 13.0 Å². The fourth-order valence-corrected chi connectivity index (χ4v) is 1.68. The van der Waals surface area contributed by atoms with Gasteiger partial charge in [0.15, 0.2) is 0 Å². The van der Waals surface area contributed by atoms with Gasteiger partial charge in [0.25, 0.3) is 0 Å². The van der Waals surface area contributed by atoms with E-state index in [2.05, 4.69) is 11.8 Å². The zero-order valence-corrected chi connectivity index (χ0v) is 9.50. The molecule has 3 heteroatoms. The van der Waals surface area contributed by atoms with E-state index in [1.807, 2.05) is 0 Å². The smallest absolute Gasteiger partial charge is 0.0645 e. The van der Waals surface area contributed by atoms with Crippen molar-refractivity contribution in [1.29, 1.82) is 0 Å². The Hall–Kier alpha value is -0.120. The summed E-state index contributed by atoms with van der Waals surface area (Å²) in [4.78, 5) is 2.50. The van der Waals surface area contributed by atoms with Gasteiger partial charge in [0.1, 0.15) is 0 Å². The molecule has 1 saturated heterocycles. The monoisotopic (exact) mass is 201 g/mol. The van der Waals surface area contributed by atoms with Crippen molar-refractivity contribution in [3.8, 4) is 0 Å². The quantitative estimate of drug-likeness (QED) is 0.556. The van der Waals surface area contributed by atoms with Gasteiger partial charge in [0.2, 0.25) is 0 Å².